The molecular weight excluding hydrogens is 294 g/mol. The Morgan fingerprint density at radius 3 is 2.72 bits per heavy atom. The summed E-state index contributed by atoms with van der Waals surface area (Å²) >= 11 is 3.47. The number of fused-ring (bicyclic) bond motifs is 2. The summed E-state index contributed by atoms with van der Waals surface area (Å²) in [7, 11) is 0. The van der Waals surface area contributed by atoms with Crippen LogP contribution in [0.2, 0.25) is 0 Å². The molecule has 0 atom stereocenters. The maximum absolute atomic E-state index is 12.6. The van der Waals surface area contributed by atoms with E-state index in [9.17, 15) is 9.59 Å². The first-order valence-electron chi connectivity index (χ1n) is 6.25. The molecule has 2 aliphatic rings. The number of benzene rings is 1. The number of carbonyl (C=O) groups excluding carboxylic acids is 2. The fourth-order valence-corrected chi connectivity index (χ4v) is 3.69. The van der Waals surface area contributed by atoms with E-state index in [4.69, 9.17) is 0 Å². The zero-order valence-electron chi connectivity index (χ0n) is 9.99. The third kappa shape index (κ3) is 1.48. The van der Waals surface area contributed by atoms with Crippen molar-refractivity contribution in [3.63, 3.8) is 0 Å². The van der Waals surface area contributed by atoms with Crippen LogP contribution in [-0.4, -0.2) is 18.7 Å². The molecular formula is C14H14BrNO2. The highest BCUT2D eigenvalue weighted by Gasteiger charge is 2.51. The molecule has 0 N–H and O–H groups in total. The Balaban J connectivity index is 2.17. The molecule has 3 rings (SSSR count). The van der Waals surface area contributed by atoms with Crippen LogP contribution >= 0.6 is 15.9 Å². The summed E-state index contributed by atoms with van der Waals surface area (Å²) in [5, 5.41) is 0. The van der Waals surface area contributed by atoms with Crippen LogP contribution in [0.5, 0.6) is 0 Å². The molecule has 3 nitrogen and oxygen atoms in total. The predicted octanol–water partition coefficient (Wildman–Crippen LogP) is 2.81. The Bertz CT molecular complexity index is 521. The van der Waals surface area contributed by atoms with E-state index in [0.717, 1.165) is 47.7 Å². The smallest absolute Gasteiger partial charge is 0.238 e. The molecule has 1 heterocycles. The topological polar surface area (TPSA) is 37.4 Å². The minimum Gasteiger partial charge on any atom is -0.304 e. The molecule has 0 aromatic heterocycles. The highest BCUT2D eigenvalue weighted by molar-refractivity contribution is 9.10. The van der Waals surface area contributed by atoms with E-state index >= 15 is 0 Å². The first-order chi connectivity index (χ1) is 8.69. The van der Waals surface area contributed by atoms with Crippen LogP contribution < -0.4 is 4.90 Å². The summed E-state index contributed by atoms with van der Waals surface area (Å²) in [6, 6.07) is 5.91. The van der Waals surface area contributed by atoms with Gasteiger partial charge in [-0.25, -0.2) is 0 Å². The molecule has 94 valence electrons. The number of halogens is 1. The van der Waals surface area contributed by atoms with Gasteiger partial charge in [-0.1, -0.05) is 28.8 Å². The quantitative estimate of drug-likeness (QED) is 0.788. The summed E-state index contributed by atoms with van der Waals surface area (Å²) in [5.41, 5.74) is 1.65. The van der Waals surface area contributed by atoms with E-state index in [-0.39, 0.29) is 17.9 Å². The van der Waals surface area contributed by atoms with Gasteiger partial charge in [-0.05, 0) is 36.6 Å². The highest BCUT2D eigenvalue weighted by Crippen LogP contribution is 2.51. The van der Waals surface area contributed by atoms with Crippen LogP contribution in [0.4, 0.5) is 5.69 Å². The normalized spacial score (nSPS) is 20.5. The molecule has 1 fully saturated rings. The number of anilines is 1. The van der Waals surface area contributed by atoms with Crippen molar-refractivity contribution in [1.82, 2.24) is 0 Å². The third-order valence-electron chi connectivity index (χ3n) is 4.13. The lowest BCUT2D eigenvalue weighted by Gasteiger charge is -2.22. The van der Waals surface area contributed by atoms with Crippen molar-refractivity contribution < 1.29 is 9.59 Å². The van der Waals surface area contributed by atoms with Gasteiger partial charge >= 0.3 is 0 Å². The lowest BCUT2D eigenvalue weighted by molar-refractivity contribution is -0.123. The van der Waals surface area contributed by atoms with E-state index in [1.54, 1.807) is 4.90 Å². The fourth-order valence-electron chi connectivity index (χ4n) is 3.33. The van der Waals surface area contributed by atoms with Crippen LogP contribution in [0.25, 0.3) is 0 Å². The standard InChI is InChI=1S/C14H14BrNO2/c15-10-3-4-12-11(9-10)14(5-1-2-6-14)13(18)16(12)7-8-17/h3-4,8-9H,1-2,5-7H2. The van der Waals surface area contributed by atoms with E-state index < -0.39 is 0 Å². The summed E-state index contributed by atoms with van der Waals surface area (Å²) in [6.45, 7) is 0.162. The Labute approximate surface area is 114 Å². The van der Waals surface area contributed by atoms with Gasteiger partial charge in [0.05, 0.1) is 12.0 Å². The number of rotatable bonds is 2. The summed E-state index contributed by atoms with van der Waals surface area (Å²) < 4.78 is 0.994. The van der Waals surface area contributed by atoms with Gasteiger partial charge in [0.15, 0.2) is 0 Å². The molecule has 1 aliphatic carbocycles. The molecule has 1 amide bonds. The maximum Gasteiger partial charge on any atom is 0.238 e. The van der Waals surface area contributed by atoms with Gasteiger partial charge in [-0.15, -0.1) is 0 Å². The predicted molar refractivity (Wildman–Crippen MR) is 72.7 cm³/mol. The lowest BCUT2D eigenvalue weighted by atomic mass is 9.80. The second kappa shape index (κ2) is 4.19. The van der Waals surface area contributed by atoms with Crippen molar-refractivity contribution in [3.8, 4) is 0 Å². The first kappa shape index (κ1) is 11.9. The van der Waals surface area contributed by atoms with Gasteiger partial charge in [0.1, 0.15) is 6.29 Å². The Morgan fingerprint density at radius 2 is 2.06 bits per heavy atom. The highest BCUT2D eigenvalue weighted by atomic mass is 79.9. The Hall–Kier alpha value is -1.16. The van der Waals surface area contributed by atoms with Gasteiger partial charge in [0.25, 0.3) is 0 Å². The number of hydrogen-bond donors (Lipinski definition) is 0. The Morgan fingerprint density at radius 1 is 1.33 bits per heavy atom. The molecule has 0 saturated heterocycles. The van der Waals surface area contributed by atoms with Crippen LogP contribution in [0.3, 0.4) is 0 Å². The molecule has 1 saturated carbocycles. The van der Waals surface area contributed by atoms with Gasteiger partial charge in [0, 0.05) is 10.2 Å². The number of amides is 1. The number of carbonyl (C=O) groups is 2. The molecule has 1 aliphatic heterocycles. The van der Waals surface area contributed by atoms with E-state index in [0.29, 0.717) is 0 Å². The molecule has 18 heavy (non-hydrogen) atoms. The molecule has 4 heteroatoms. The van der Waals surface area contributed by atoms with Crippen molar-refractivity contribution in [2.75, 3.05) is 11.4 Å². The molecule has 0 radical (unpaired) electrons. The molecule has 0 bridgehead atoms. The molecule has 0 unspecified atom stereocenters. The maximum atomic E-state index is 12.6. The molecule has 1 spiro atoms. The van der Waals surface area contributed by atoms with Gasteiger partial charge in [0.2, 0.25) is 5.91 Å². The Kier molecular flexibility index (Phi) is 2.77. The molecule has 1 aromatic carbocycles. The van der Waals surface area contributed by atoms with Gasteiger partial charge in [-0.3, -0.25) is 4.79 Å². The fraction of sp³-hybridized carbons (Fsp3) is 0.429. The van der Waals surface area contributed by atoms with Crippen molar-refractivity contribution >= 4 is 33.8 Å². The minimum absolute atomic E-state index is 0.111. The lowest BCUT2D eigenvalue weighted by Crippen LogP contribution is -2.39. The third-order valence-corrected chi connectivity index (χ3v) is 4.63. The van der Waals surface area contributed by atoms with Gasteiger partial charge in [-0.2, -0.15) is 0 Å². The van der Waals surface area contributed by atoms with Crippen LogP contribution in [0, 0.1) is 0 Å². The summed E-state index contributed by atoms with van der Waals surface area (Å²) in [4.78, 5) is 25.1. The van der Waals surface area contributed by atoms with E-state index in [2.05, 4.69) is 15.9 Å². The van der Waals surface area contributed by atoms with Crippen LogP contribution in [0.15, 0.2) is 22.7 Å². The number of hydrogen-bond acceptors (Lipinski definition) is 2. The number of aldehydes is 1. The van der Waals surface area contributed by atoms with Gasteiger partial charge < -0.3 is 9.69 Å². The van der Waals surface area contributed by atoms with Crippen LogP contribution in [0.1, 0.15) is 31.2 Å². The summed E-state index contributed by atoms with van der Waals surface area (Å²) in [6.07, 6.45) is 4.80. The van der Waals surface area contributed by atoms with Crippen molar-refractivity contribution in [3.05, 3.63) is 28.2 Å². The average Bonchev–Trinajstić information content (AvgIpc) is 2.92. The first-order valence-corrected chi connectivity index (χ1v) is 7.04. The van der Waals surface area contributed by atoms with E-state index in [1.165, 1.54) is 0 Å². The SMILES string of the molecule is O=CCN1C(=O)C2(CCCC2)c2cc(Br)ccc21. The second-order valence-corrected chi connectivity index (χ2v) is 5.95. The average molecular weight is 308 g/mol. The second-order valence-electron chi connectivity index (χ2n) is 5.03. The minimum atomic E-state index is -0.359. The molecule has 1 aromatic rings. The number of nitrogens with zero attached hydrogens (tertiary/aromatic N) is 1. The zero-order valence-corrected chi connectivity index (χ0v) is 11.6. The van der Waals surface area contributed by atoms with Crippen LogP contribution in [-0.2, 0) is 15.0 Å². The van der Waals surface area contributed by atoms with E-state index in [1.807, 2.05) is 18.2 Å². The zero-order chi connectivity index (χ0) is 12.8. The van der Waals surface area contributed by atoms with Crippen molar-refractivity contribution in [2.45, 2.75) is 31.1 Å². The van der Waals surface area contributed by atoms with Crippen molar-refractivity contribution in [1.29, 1.82) is 0 Å². The largest absolute Gasteiger partial charge is 0.304 e. The summed E-state index contributed by atoms with van der Waals surface area (Å²) in [5.74, 6) is 0.111. The monoisotopic (exact) mass is 307 g/mol. The van der Waals surface area contributed by atoms with Crippen molar-refractivity contribution in [2.24, 2.45) is 0 Å².